The Morgan fingerprint density at radius 3 is 2.58 bits per heavy atom. The molecule has 0 spiro atoms. The summed E-state index contributed by atoms with van der Waals surface area (Å²) in [6.07, 6.45) is 1.85. The first kappa shape index (κ1) is 13.5. The number of benzene rings is 1. The van der Waals surface area contributed by atoms with Crippen LogP contribution in [0.15, 0.2) is 42.6 Å². The van der Waals surface area contributed by atoms with Gasteiger partial charge in [-0.1, -0.05) is 30.3 Å². The highest BCUT2D eigenvalue weighted by molar-refractivity contribution is 5.33. The molecule has 0 saturated carbocycles. The molecule has 1 aromatic carbocycles. The number of nitrogens with zero attached hydrogens (tertiary/aromatic N) is 2. The van der Waals surface area contributed by atoms with E-state index in [1.165, 1.54) is 16.7 Å². The number of aromatic nitrogens is 1. The van der Waals surface area contributed by atoms with Crippen molar-refractivity contribution < 1.29 is 0 Å². The fourth-order valence-electron chi connectivity index (χ4n) is 2.05. The van der Waals surface area contributed by atoms with Gasteiger partial charge < -0.3 is 5.43 Å². The zero-order valence-electron chi connectivity index (χ0n) is 11.4. The number of aryl methyl sites for hydroxylation is 1. The molecular weight excluding hydrogens is 236 g/mol. The third-order valence-electron chi connectivity index (χ3n) is 3.13. The molecule has 4 heteroatoms. The number of hydrogen-bond donors (Lipinski definition) is 2. The van der Waals surface area contributed by atoms with Crippen LogP contribution in [0.2, 0.25) is 0 Å². The topological polar surface area (TPSA) is 54.2 Å². The van der Waals surface area contributed by atoms with Crippen molar-refractivity contribution in [3.05, 3.63) is 59.3 Å². The first-order valence-corrected chi connectivity index (χ1v) is 6.33. The number of nitrogen functional groups attached to an aromatic ring is 1. The molecule has 0 fully saturated rings. The summed E-state index contributed by atoms with van der Waals surface area (Å²) in [6, 6.07) is 12.4. The molecule has 0 amide bonds. The van der Waals surface area contributed by atoms with E-state index >= 15 is 0 Å². The maximum Gasteiger partial charge on any atom is 0.139 e. The molecule has 1 heterocycles. The van der Waals surface area contributed by atoms with E-state index in [-0.39, 0.29) is 0 Å². The van der Waals surface area contributed by atoms with Crippen LogP contribution in [0.4, 0.5) is 5.82 Å². The van der Waals surface area contributed by atoms with Gasteiger partial charge in [0.2, 0.25) is 0 Å². The Kier molecular flexibility index (Phi) is 4.49. The smallest absolute Gasteiger partial charge is 0.139 e. The minimum absolute atomic E-state index is 0.685. The van der Waals surface area contributed by atoms with Crippen LogP contribution in [-0.4, -0.2) is 16.9 Å². The monoisotopic (exact) mass is 256 g/mol. The predicted octanol–water partition coefficient (Wildman–Crippen LogP) is 2.31. The molecule has 1 aromatic heterocycles. The summed E-state index contributed by atoms with van der Waals surface area (Å²) < 4.78 is 0. The van der Waals surface area contributed by atoms with Crippen LogP contribution in [0.25, 0.3) is 0 Å². The second kappa shape index (κ2) is 6.31. The van der Waals surface area contributed by atoms with Gasteiger partial charge in [0.25, 0.3) is 0 Å². The lowest BCUT2D eigenvalue weighted by Gasteiger charge is -2.18. The standard InChI is InChI=1S/C15H20N4/c1-12-5-3-4-6-14(12)11-19(2)10-13-7-8-15(18-16)17-9-13/h3-9H,10-11,16H2,1-2H3,(H,17,18). The summed E-state index contributed by atoms with van der Waals surface area (Å²) >= 11 is 0. The number of rotatable bonds is 5. The van der Waals surface area contributed by atoms with Gasteiger partial charge in [0.1, 0.15) is 5.82 Å². The lowest BCUT2D eigenvalue weighted by molar-refractivity contribution is 0.318. The molecule has 0 aliphatic heterocycles. The van der Waals surface area contributed by atoms with E-state index in [4.69, 9.17) is 5.84 Å². The van der Waals surface area contributed by atoms with Gasteiger partial charge in [-0.15, -0.1) is 0 Å². The van der Waals surface area contributed by atoms with Crippen molar-refractivity contribution in [2.45, 2.75) is 20.0 Å². The number of anilines is 1. The van der Waals surface area contributed by atoms with E-state index in [1.54, 1.807) is 0 Å². The van der Waals surface area contributed by atoms with Crippen LogP contribution in [0, 0.1) is 6.92 Å². The summed E-state index contributed by atoms with van der Waals surface area (Å²) in [6.45, 7) is 3.95. The molecule has 0 aliphatic rings. The van der Waals surface area contributed by atoms with Gasteiger partial charge in [0.15, 0.2) is 0 Å². The molecule has 100 valence electrons. The van der Waals surface area contributed by atoms with Crippen LogP contribution in [0.5, 0.6) is 0 Å². The van der Waals surface area contributed by atoms with Gasteiger partial charge in [-0.2, -0.15) is 0 Å². The van der Waals surface area contributed by atoms with Crippen LogP contribution in [-0.2, 0) is 13.1 Å². The summed E-state index contributed by atoms with van der Waals surface area (Å²) in [5.74, 6) is 5.98. The first-order chi connectivity index (χ1) is 9.19. The zero-order chi connectivity index (χ0) is 13.7. The lowest BCUT2D eigenvalue weighted by atomic mass is 10.1. The van der Waals surface area contributed by atoms with Crippen molar-refractivity contribution in [3.8, 4) is 0 Å². The second-order valence-corrected chi connectivity index (χ2v) is 4.79. The van der Waals surface area contributed by atoms with Gasteiger partial charge in [0.05, 0.1) is 0 Å². The molecule has 0 atom stereocenters. The average molecular weight is 256 g/mol. The van der Waals surface area contributed by atoms with Gasteiger partial charge in [0, 0.05) is 19.3 Å². The van der Waals surface area contributed by atoms with Crippen LogP contribution < -0.4 is 11.3 Å². The molecule has 0 aliphatic carbocycles. The fraction of sp³-hybridized carbons (Fsp3) is 0.267. The lowest BCUT2D eigenvalue weighted by Crippen LogP contribution is -2.18. The minimum atomic E-state index is 0.685. The third-order valence-corrected chi connectivity index (χ3v) is 3.13. The van der Waals surface area contributed by atoms with E-state index in [0.29, 0.717) is 5.82 Å². The zero-order valence-corrected chi connectivity index (χ0v) is 11.4. The molecule has 0 radical (unpaired) electrons. The highest BCUT2D eigenvalue weighted by Gasteiger charge is 2.04. The van der Waals surface area contributed by atoms with Crippen molar-refractivity contribution in [2.24, 2.45) is 5.84 Å². The maximum absolute atomic E-state index is 5.30. The Morgan fingerprint density at radius 2 is 1.95 bits per heavy atom. The largest absolute Gasteiger partial charge is 0.308 e. The predicted molar refractivity (Wildman–Crippen MR) is 78.4 cm³/mol. The Bertz CT molecular complexity index is 522. The van der Waals surface area contributed by atoms with Crippen LogP contribution in [0.1, 0.15) is 16.7 Å². The Labute approximate surface area is 114 Å². The van der Waals surface area contributed by atoms with Gasteiger partial charge in [-0.05, 0) is 36.7 Å². The molecule has 0 saturated heterocycles. The van der Waals surface area contributed by atoms with Gasteiger partial charge in [-0.3, -0.25) is 4.90 Å². The summed E-state index contributed by atoms with van der Waals surface area (Å²) in [5, 5.41) is 0. The van der Waals surface area contributed by atoms with Gasteiger partial charge >= 0.3 is 0 Å². The molecule has 2 aromatic rings. The molecule has 19 heavy (non-hydrogen) atoms. The quantitative estimate of drug-likeness (QED) is 0.636. The van der Waals surface area contributed by atoms with Crippen LogP contribution in [0.3, 0.4) is 0 Å². The van der Waals surface area contributed by atoms with E-state index < -0.39 is 0 Å². The highest BCUT2D eigenvalue weighted by Crippen LogP contribution is 2.12. The first-order valence-electron chi connectivity index (χ1n) is 6.33. The summed E-state index contributed by atoms with van der Waals surface area (Å²) in [5.41, 5.74) is 6.39. The summed E-state index contributed by atoms with van der Waals surface area (Å²) in [4.78, 5) is 6.48. The second-order valence-electron chi connectivity index (χ2n) is 4.79. The molecule has 3 N–H and O–H groups in total. The minimum Gasteiger partial charge on any atom is -0.308 e. The number of hydrogen-bond acceptors (Lipinski definition) is 4. The molecule has 0 bridgehead atoms. The number of pyridine rings is 1. The van der Waals surface area contributed by atoms with Crippen molar-refractivity contribution >= 4 is 5.82 Å². The SMILES string of the molecule is Cc1ccccc1CN(C)Cc1ccc(NN)nc1. The summed E-state index contributed by atoms with van der Waals surface area (Å²) in [7, 11) is 2.11. The van der Waals surface area contributed by atoms with Crippen molar-refractivity contribution in [3.63, 3.8) is 0 Å². The normalized spacial score (nSPS) is 10.7. The molecule has 4 nitrogen and oxygen atoms in total. The maximum atomic E-state index is 5.30. The van der Waals surface area contributed by atoms with E-state index in [0.717, 1.165) is 13.1 Å². The highest BCUT2D eigenvalue weighted by atomic mass is 15.2. The van der Waals surface area contributed by atoms with Crippen molar-refractivity contribution in [1.29, 1.82) is 0 Å². The van der Waals surface area contributed by atoms with E-state index in [1.807, 2.05) is 18.3 Å². The Morgan fingerprint density at radius 1 is 1.16 bits per heavy atom. The van der Waals surface area contributed by atoms with Crippen LogP contribution >= 0.6 is 0 Å². The fourth-order valence-corrected chi connectivity index (χ4v) is 2.05. The van der Waals surface area contributed by atoms with Crippen molar-refractivity contribution in [1.82, 2.24) is 9.88 Å². The number of nitrogens with two attached hydrogens (primary N) is 1. The van der Waals surface area contributed by atoms with Crippen molar-refractivity contribution in [2.75, 3.05) is 12.5 Å². The Hall–Kier alpha value is -1.91. The molecule has 2 rings (SSSR count). The van der Waals surface area contributed by atoms with E-state index in [2.05, 4.69) is 53.5 Å². The van der Waals surface area contributed by atoms with Gasteiger partial charge in [-0.25, -0.2) is 10.8 Å². The Balaban J connectivity index is 1.97. The number of hydrazine groups is 1. The number of nitrogens with one attached hydrogen (secondary N) is 1. The molecular formula is C15H20N4. The third kappa shape index (κ3) is 3.77. The molecule has 0 unspecified atom stereocenters. The van der Waals surface area contributed by atoms with E-state index in [9.17, 15) is 0 Å². The average Bonchev–Trinajstić information content (AvgIpc) is 2.42.